The summed E-state index contributed by atoms with van der Waals surface area (Å²) in [5.41, 5.74) is -0.743. The first-order valence-corrected chi connectivity index (χ1v) is 8.69. The maximum Gasteiger partial charge on any atom is 0.332 e. The summed E-state index contributed by atoms with van der Waals surface area (Å²) in [5, 5.41) is 11.3. The molecule has 0 N–H and O–H groups in total. The van der Waals surface area contributed by atoms with E-state index in [1.165, 1.54) is 11.6 Å². The van der Waals surface area contributed by atoms with Gasteiger partial charge in [-0.2, -0.15) is 0 Å². The topological polar surface area (TPSA) is 110 Å². The third-order valence-corrected chi connectivity index (χ3v) is 5.28. The lowest BCUT2D eigenvalue weighted by Crippen LogP contribution is -2.38. The van der Waals surface area contributed by atoms with Gasteiger partial charge in [-0.25, -0.2) is 14.8 Å². The second kappa shape index (κ2) is 6.39. The Morgan fingerprint density at radius 3 is 2.50 bits per heavy atom. The molecule has 1 aliphatic carbocycles. The van der Waals surface area contributed by atoms with Crippen LogP contribution in [0.2, 0.25) is 0 Å². The minimum absolute atomic E-state index is 0.174. The molecular formula is C15H17N4O4S-. The molecule has 0 amide bonds. The molecule has 0 spiro atoms. The van der Waals surface area contributed by atoms with Crippen molar-refractivity contribution in [2.75, 3.05) is 5.75 Å². The van der Waals surface area contributed by atoms with Gasteiger partial charge >= 0.3 is 5.69 Å². The van der Waals surface area contributed by atoms with Crippen LogP contribution in [-0.4, -0.2) is 30.8 Å². The van der Waals surface area contributed by atoms with Gasteiger partial charge in [0.1, 0.15) is 16.2 Å². The number of aromatic nitrogens is 4. The van der Waals surface area contributed by atoms with Crippen LogP contribution in [-0.2, 0) is 18.9 Å². The number of hydrogen-bond acceptors (Lipinski definition) is 7. The van der Waals surface area contributed by atoms with Gasteiger partial charge in [-0.1, -0.05) is 24.6 Å². The molecule has 2 aromatic heterocycles. The number of rotatable bonds is 4. The molecule has 0 saturated heterocycles. The molecule has 0 atom stereocenters. The number of carbonyl (C=O) groups is 1. The molecule has 2 aromatic rings. The lowest BCUT2D eigenvalue weighted by Gasteiger charge is -2.14. The first-order valence-electron chi connectivity index (χ1n) is 7.70. The van der Waals surface area contributed by atoms with E-state index in [0.29, 0.717) is 10.9 Å². The minimum Gasteiger partial charge on any atom is -0.549 e. The first kappa shape index (κ1) is 16.7. The molecule has 1 fully saturated rings. The SMILES string of the molecule is Cn1c(=O)c2c(SCC(=O)[O-])nc(C3CCCC3)nc2n(C)c1=O. The Hall–Kier alpha value is -2.16. The summed E-state index contributed by atoms with van der Waals surface area (Å²) in [6, 6.07) is 0. The monoisotopic (exact) mass is 349 g/mol. The Kier molecular flexibility index (Phi) is 4.44. The largest absolute Gasteiger partial charge is 0.549 e. The predicted octanol–water partition coefficient (Wildman–Crippen LogP) is -0.473. The molecule has 0 bridgehead atoms. The molecule has 0 aromatic carbocycles. The van der Waals surface area contributed by atoms with Crippen LogP contribution in [0.5, 0.6) is 0 Å². The van der Waals surface area contributed by atoms with Gasteiger partial charge in [0.25, 0.3) is 5.56 Å². The summed E-state index contributed by atoms with van der Waals surface area (Å²) < 4.78 is 2.28. The minimum atomic E-state index is -1.24. The van der Waals surface area contributed by atoms with Crippen molar-refractivity contribution in [3.63, 3.8) is 0 Å². The number of aliphatic carboxylic acids is 1. The summed E-state index contributed by atoms with van der Waals surface area (Å²) >= 11 is 0.927. The molecular weight excluding hydrogens is 332 g/mol. The standard InChI is InChI=1S/C15H18N4O4S/c1-18-12-10(14(22)19(2)15(18)23)13(24-7-9(20)21)17-11(16-12)8-5-3-4-6-8/h8H,3-7H2,1-2H3,(H,20,21)/p-1. The third kappa shape index (κ3) is 2.83. The van der Waals surface area contributed by atoms with E-state index < -0.39 is 17.2 Å². The van der Waals surface area contributed by atoms with Gasteiger partial charge in [0.2, 0.25) is 0 Å². The fraction of sp³-hybridized carbons (Fsp3) is 0.533. The molecule has 0 radical (unpaired) electrons. The highest BCUT2D eigenvalue weighted by Gasteiger charge is 2.24. The number of aryl methyl sites for hydroxylation is 1. The molecule has 1 saturated carbocycles. The van der Waals surface area contributed by atoms with Crippen LogP contribution in [0.4, 0.5) is 0 Å². The van der Waals surface area contributed by atoms with Crippen LogP contribution in [0.25, 0.3) is 11.0 Å². The van der Waals surface area contributed by atoms with Crippen molar-refractivity contribution >= 4 is 28.8 Å². The Labute approximate surface area is 141 Å². The van der Waals surface area contributed by atoms with E-state index in [1.54, 1.807) is 7.05 Å². The number of carboxylic acids is 1. The predicted molar refractivity (Wildman–Crippen MR) is 87.0 cm³/mol. The van der Waals surface area contributed by atoms with Crippen LogP contribution in [0.3, 0.4) is 0 Å². The van der Waals surface area contributed by atoms with E-state index >= 15 is 0 Å². The van der Waals surface area contributed by atoms with Gasteiger partial charge in [0.05, 0.1) is 5.97 Å². The van der Waals surface area contributed by atoms with Crippen molar-refractivity contribution in [2.24, 2.45) is 14.1 Å². The average molecular weight is 349 g/mol. The highest BCUT2D eigenvalue weighted by molar-refractivity contribution is 8.00. The Morgan fingerprint density at radius 2 is 1.88 bits per heavy atom. The molecule has 3 rings (SSSR count). The summed E-state index contributed by atoms with van der Waals surface area (Å²) in [6.45, 7) is 0. The van der Waals surface area contributed by atoms with Crippen molar-refractivity contribution in [3.05, 3.63) is 26.7 Å². The second-order valence-corrected chi connectivity index (χ2v) is 6.90. The van der Waals surface area contributed by atoms with E-state index in [4.69, 9.17) is 0 Å². The van der Waals surface area contributed by atoms with Crippen molar-refractivity contribution in [1.29, 1.82) is 0 Å². The first-order chi connectivity index (χ1) is 11.4. The highest BCUT2D eigenvalue weighted by Crippen LogP contribution is 2.34. The van der Waals surface area contributed by atoms with Crippen LogP contribution in [0.1, 0.15) is 37.4 Å². The van der Waals surface area contributed by atoms with Crippen LogP contribution in [0.15, 0.2) is 14.6 Å². The molecule has 24 heavy (non-hydrogen) atoms. The molecule has 0 unspecified atom stereocenters. The van der Waals surface area contributed by atoms with Crippen molar-refractivity contribution in [1.82, 2.24) is 19.1 Å². The molecule has 9 heteroatoms. The summed E-state index contributed by atoms with van der Waals surface area (Å²) in [4.78, 5) is 44.4. The number of nitrogens with zero attached hydrogens (tertiary/aromatic N) is 4. The maximum absolute atomic E-state index is 12.5. The summed E-state index contributed by atoms with van der Waals surface area (Å²) in [7, 11) is 2.92. The zero-order chi connectivity index (χ0) is 17.4. The molecule has 128 valence electrons. The van der Waals surface area contributed by atoms with Crippen molar-refractivity contribution in [3.8, 4) is 0 Å². The Morgan fingerprint density at radius 1 is 1.21 bits per heavy atom. The number of hydrogen-bond donors (Lipinski definition) is 0. The third-order valence-electron chi connectivity index (χ3n) is 4.33. The quantitative estimate of drug-likeness (QED) is 0.542. The maximum atomic E-state index is 12.5. The zero-order valence-electron chi connectivity index (χ0n) is 13.4. The lowest BCUT2D eigenvalue weighted by atomic mass is 10.1. The van der Waals surface area contributed by atoms with E-state index in [2.05, 4.69) is 9.97 Å². The average Bonchev–Trinajstić information content (AvgIpc) is 3.09. The van der Waals surface area contributed by atoms with Crippen LogP contribution >= 0.6 is 11.8 Å². The van der Waals surface area contributed by atoms with E-state index in [-0.39, 0.29) is 22.7 Å². The number of carboxylic acid groups (broad SMARTS) is 1. The molecule has 0 aliphatic heterocycles. The van der Waals surface area contributed by atoms with E-state index in [9.17, 15) is 19.5 Å². The van der Waals surface area contributed by atoms with Crippen molar-refractivity contribution in [2.45, 2.75) is 36.6 Å². The fourth-order valence-corrected chi connectivity index (χ4v) is 3.78. The molecule has 1 aliphatic rings. The van der Waals surface area contributed by atoms with Gasteiger partial charge in [-0.05, 0) is 12.8 Å². The summed E-state index contributed by atoms with van der Waals surface area (Å²) in [6.07, 6.45) is 4.08. The molecule has 2 heterocycles. The fourth-order valence-electron chi connectivity index (χ4n) is 3.04. The Bertz CT molecular complexity index is 928. The second-order valence-electron chi connectivity index (χ2n) is 5.93. The normalized spacial score (nSPS) is 15.2. The van der Waals surface area contributed by atoms with Crippen LogP contribution in [0, 0.1) is 0 Å². The lowest BCUT2D eigenvalue weighted by molar-refractivity contribution is -0.301. The number of carbonyl (C=O) groups excluding carboxylic acids is 1. The van der Waals surface area contributed by atoms with E-state index in [1.807, 2.05) is 0 Å². The van der Waals surface area contributed by atoms with Gasteiger partial charge in [-0.15, -0.1) is 0 Å². The smallest absolute Gasteiger partial charge is 0.332 e. The summed E-state index contributed by atoms with van der Waals surface area (Å²) in [5.74, 6) is -0.807. The highest BCUT2D eigenvalue weighted by atomic mass is 32.2. The van der Waals surface area contributed by atoms with E-state index in [0.717, 1.165) is 42.0 Å². The zero-order valence-corrected chi connectivity index (χ0v) is 14.3. The van der Waals surface area contributed by atoms with Gasteiger partial charge < -0.3 is 9.90 Å². The van der Waals surface area contributed by atoms with Gasteiger partial charge in [0, 0.05) is 25.8 Å². The van der Waals surface area contributed by atoms with Crippen molar-refractivity contribution < 1.29 is 9.90 Å². The number of thioether (sulfide) groups is 1. The van der Waals surface area contributed by atoms with Gasteiger partial charge in [0.15, 0.2) is 5.65 Å². The van der Waals surface area contributed by atoms with Crippen LogP contribution < -0.4 is 16.4 Å². The Balaban J connectivity index is 2.29. The number of fused-ring (bicyclic) bond motifs is 1. The molecule has 8 nitrogen and oxygen atoms in total. The van der Waals surface area contributed by atoms with Gasteiger partial charge in [-0.3, -0.25) is 13.9 Å².